The molecular weight excluding hydrogens is 296 g/mol. The van der Waals surface area contributed by atoms with Gasteiger partial charge in [-0.3, -0.25) is 0 Å². The number of hydrogen-bond acceptors (Lipinski definition) is 7. The van der Waals surface area contributed by atoms with Crippen LogP contribution in [0.4, 0.5) is 6.01 Å². The summed E-state index contributed by atoms with van der Waals surface area (Å²) in [6.45, 7) is 1.59. The summed E-state index contributed by atoms with van der Waals surface area (Å²) in [5.74, 6) is 1.09. The van der Waals surface area contributed by atoms with Crippen molar-refractivity contribution in [2.75, 3.05) is 37.8 Å². The first-order valence-electron chi connectivity index (χ1n) is 7.16. The molecule has 0 unspecified atom stereocenters. The molecule has 1 saturated carbocycles. The predicted octanol–water partition coefficient (Wildman–Crippen LogP) is 0.409. The van der Waals surface area contributed by atoms with Crippen molar-refractivity contribution in [1.82, 2.24) is 14.5 Å². The van der Waals surface area contributed by atoms with E-state index in [0.717, 1.165) is 12.8 Å². The van der Waals surface area contributed by atoms with Crippen molar-refractivity contribution in [3.63, 3.8) is 0 Å². The summed E-state index contributed by atoms with van der Waals surface area (Å²) >= 11 is 0. The molecule has 2 heterocycles. The second-order valence-corrected chi connectivity index (χ2v) is 7.55. The zero-order valence-corrected chi connectivity index (χ0v) is 12.8. The second kappa shape index (κ2) is 5.90. The Balaban J connectivity index is 1.51. The first kappa shape index (κ1) is 14.7. The van der Waals surface area contributed by atoms with Gasteiger partial charge in [0.25, 0.3) is 0 Å². The monoisotopic (exact) mass is 316 g/mol. The minimum atomic E-state index is -3.17. The van der Waals surface area contributed by atoms with Gasteiger partial charge in [0.2, 0.25) is 15.9 Å². The van der Waals surface area contributed by atoms with Gasteiger partial charge in [-0.2, -0.15) is 4.31 Å². The van der Waals surface area contributed by atoms with Crippen LogP contribution in [-0.2, 0) is 14.8 Å². The van der Waals surface area contributed by atoms with E-state index in [9.17, 15) is 8.42 Å². The number of rotatable bonds is 5. The topological polar surface area (TPSA) is 97.6 Å². The highest BCUT2D eigenvalue weighted by Gasteiger charge is 2.27. The summed E-state index contributed by atoms with van der Waals surface area (Å²) in [5.41, 5.74) is 0. The van der Waals surface area contributed by atoms with Crippen LogP contribution in [0.2, 0.25) is 0 Å². The van der Waals surface area contributed by atoms with E-state index >= 15 is 0 Å². The molecule has 1 aliphatic heterocycles. The first-order valence-corrected chi connectivity index (χ1v) is 9.01. The molecule has 1 aromatic heterocycles. The molecule has 0 bridgehead atoms. The Kier molecular flexibility index (Phi) is 4.14. The number of sulfonamides is 1. The fraction of sp³-hybridized carbons (Fsp3) is 0.833. The van der Waals surface area contributed by atoms with E-state index in [2.05, 4.69) is 15.5 Å². The van der Waals surface area contributed by atoms with Gasteiger partial charge in [-0.05, 0) is 12.8 Å². The average Bonchev–Trinajstić information content (AvgIpc) is 2.82. The van der Waals surface area contributed by atoms with E-state index in [4.69, 9.17) is 9.15 Å². The Labute approximate surface area is 123 Å². The van der Waals surface area contributed by atoms with Crippen molar-refractivity contribution in [2.45, 2.75) is 31.3 Å². The number of anilines is 1. The SMILES string of the molecule is CS(=O)(=O)N1CCO[C@H](CNc2nnc(C3CCC3)o2)C1. The normalized spacial score (nSPS) is 24.7. The van der Waals surface area contributed by atoms with E-state index in [1.807, 2.05) is 0 Å². The van der Waals surface area contributed by atoms with Gasteiger partial charge in [0, 0.05) is 25.6 Å². The number of nitrogens with one attached hydrogen (secondary N) is 1. The van der Waals surface area contributed by atoms with Crippen LogP contribution in [0.25, 0.3) is 0 Å². The Morgan fingerprint density at radius 2 is 2.19 bits per heavy atom. The van der Waals surface area contributed by atoms with Crippen LogP contribution in [0, 0.1) is 0 Å². The maximum absolute atomic E-state index is 11.5. The molecule has 1 N–H and O–H groups in total. The first-order chi connectivity index (χ1) is 10.0. The van der Waals surface area contributed by atoms with Crippen molar-refractivity contribution < 1.29 is 17.6 Å². The van der Waals surface area contributed by atoms with Gasteiger partial charge in [-0.25, -0.2) is 8.42 Å². The summed E-state index contributed by atoms with van der Waals surface area (Å²) in [6.07, 6.45) is 4.43. The lowest BCUT2D eigenvalue weighted by Crippen LogP contribution is -2.47. The van der Waals surface area contributed by atoms with Crippen LogP contribution >= 0.6 is 0 Å². The summed E-state index contributed by atoms with van der Waals surface area (Å²) in [6, 6.07) is 0.372. The molecule has 21 heavy (non-hydrogen) atoms. The molecule has 0 radical (unpaired) electrons. The highest BCUT2D eigenvalue weighted by atomic mass is 32.2. The number of aromatic nitrogens is 2. The molecule has 1 aliphatic carbocycles. The van der Waals surface area contributed by atoms with E-state index in [1.165, 1.54) is 17.0 Å². The lowest BCUT2D eigenvalue weighted by Gasteiger charge is -2.31. The molecule has 2 fully saturated rings. The molecule has 2 aliphatic rings. The van der Waals surface area contributed by atoms with E-state index < -0.39 is 10.0 Å². The highest BCUT2D eigenvalue weighted by Crippen LogP contribution is 2.35. The maximum Gasteiger partial charge on any atom is 0.315 e. The third-order valence-electron chi connectivity index (χ3n) is 3.95. The molecule has 1 atom stereocenters. The van der Waals surface area contributed by atoms with Crippen LogP contribution in [0.5, 0.6) is 0 Å². The lowest BCUT2D eigenvalue weighted by atomic mass is 9.85. The summed E-state index contributed by atoms with van der Waals surface area (Å²) < 4.78 is 35.6. The molecule has 8 nitrogen and oxygen atoms in total. The van der Waals surface area contributed by atoms with Crippen LogP contribution < -0.4 is 5.32 Å². The van der Waals surface area contributed by atoms with Gasteiger partial charge < -0.3 is 14.5 Å². The minimum absolute atomic E-state index is 0.215. The van der Waals surface area contributed by atoms with Gasteiger partial charge in [0.05, 0.1) is 19.0 Å². The highest BCUT2D eigenvalue weighted by molar-refractivity contribution is 7.88. The Bertz CT molecular complexity index is 584. The predicted molar refractivity (Wildman–Crippen MR) is 75.5 cm³/mol. The van der Waals surface area contributed by atoms with E-state index in [0.29, 0.717) is 44.1 Å². The van der Waals surface area contributed by atoms with Gasteiger partial charge in [0.15, 0.2) is 0 Å². The lowest BCUT2D eigenvalue weighted by molar-refractivity contribution is 0.00678. The summed E-state index contributed by atoms with van der Waals surface area (Å²) in [7, 11) is -3.17. The molecule has 118 valence electrons. The molecule has 3 rings (SSSR count). The smallest absolute Gasteiger partial charge is 0.315 e. The fourth-order valence-corrected chi connectivity index (χ4v) is 3.29. The van der Waals surface area contributed by atoms with Gasteiger partial charge in [-0.1, -0.05) is 11.5 Å². The van der Waals surface area contributed by atoms with Crippen molar-refractivity contribution in [3.05, 3.63) is 5.89 Å². The average molecular weight is 316 g/mol. The summed E-state index contributed by atoms with van der Waals surface area (Å²) in [4.78, 5) is 0. The minimum Gasteiger partial charge on any atom is -0.408 e. The van der Waals surface area contributed by atoms with Crippen molar-refractivity contribution in [2.24, 2.45) is 0 Å². The zero-order chi connectivity index (χ0) is 14.9. The number of nitrogens with zero attached hydrogens (tertiary/aromatic N) is 3. The van der Waals surface area contributed by atoms with Gasteiger partial charge in [0.1, 0.15) is 0 Å². The Morgan fingerprint density at radius 3 is 2.86 bits per heavy atom. The van der Waals surface area contributed by atoms with Crippen LogP contribution in [0.1, 0.15) is 31.1 Å². The van der Waals surface area contributed by atoms with Crippen molar-refractivity contribution in [1.29, 1.82) is 0 Å². The van der Waals surface area contributed by atoms with Crippen LogP contribution in [0.3, 0.4) is 0 Å². The molecule has 1 aromatic rings. The maximum atomic E-state index is 11.5. The van der Waals surface area contributed by atoms with E-state index in [-0.39, 0.29) is 6.10 Å². The fourth-order valence-electron chi connectivity index (χ4n) is 2.44. The largest absolute Gasteiger partial charge is 0.408 e. The van der Waals surface area contributed by atoms with Crippen LogP contribution in [-0.4, -0.2) is 61.5 Å². The third-order valence-corrected chi connectivity index (χ3v) is 5.22. The number of morpholine rings is 1. The summed E-state index contributed by atoms with van der Waals surface area (Å²) in [5, 5.41) is 11.0. The quantitative estimate of drug-likeness (QED) is 0.840. The Hall–Kier alpha value is -1.19. The second-order valence-electron chi connectivity index (χ2n) is 5.57. The zero-order valence-electron chi connectivity index (χ0n) is 12.0. The van der Waals surface area contributed by atoms with Crippen molar-refractivity contribution in [3.8, 4) is 0 Å². The molecule has 0 amide bonds. The molecule has 0 aromatic carbocycles. The number of ether oxygens (including phenoxy) is 1. The molecule has 1 saturated heterocycles. The van der Waals surface area contributed by atoms with E-state index in [1.54, 1.807) is 0 Å². The van der Waals surface area contributed by atoms with Crippen LogP contribution in [0.15, 0.2) is 4.42 Å². The molecule has 9 heteroatoms. The van der Waals surface area contributed by atoms with Gasteiger partial charge >= 0.3 is 6.01 Å². The molecular formula is C12H20N4O4S. The van der Waals surface area contributed by atoms with Crippen molar-refractivity contribution >= 4 is 16.0 Å². The number of hydrogen-bond donors (Lipinski definition) is 1. The third kappa shape index (κ3) is 3.53. The Morgan fingerprint density at radius 1 is 1.38 bits per heavy atom. The standard InChI is InChI=1S/C12H20N4O4S/c1-21(17,18)16-5-6-19-10(8-16)7-13-12-15-14-11(20-12)9-3-2-4-9/h9-10H,2-8H2,1H3,(H,13,15)/t10-/m1/s1. The molecule has 0 spiro atoms. The van der Waals surface area contributed by atoms with Gasteiger partial charge in [-0.15, -0.1) is 5.10 Å².